The van der Waals surface area contributed by atoms with E-state index in [4.69, 9.17) is 16.3 Å². The summed E-state index contributed by atoms with van der Waals surface area (Å²) in [5.74, 6) is 6.32. The molecule has 0 aliphatic rings. The zero-order valence-corrected chi connectivity index (χ0v) is 14.4. The van der Waals surface area contributed by atoms with Crippen LogP contribution in [-0.2, 0) is 0 Å². The summed E-state index contributed by atoms with van der Waals surface area (Å²) in [5.41, 5.74) is 8.14. The molecule has 0 radical (unpaired) electrons. The maximum absolute atomic E-state index is 9.59. The van der Waals surface area contributed by atoms with Gasteiger partial charge in [0.1, 0.15) is 12.1 Å². The summed E-state index contributed by atoms with van der Waals surface area (Å²) in [6.07, 6.45) is 1.35. The molecule has 0 spiro atoms. The lowest BCUT2D eigenvalue weighted by Gasteiger charge is -2.20. The first kappa shape index (κ1) is 18.2. The molecular formula is C15H22N8O2. The van der Waals surface area contributed by atoms with Crippen LogP contribution in [0.1, 0.15) is 18.3 Å². The van der Waals surface area contributed by atoms with Crippen molar-refractivity contribution in [3.8, 4) is 11.8 Å². The van der Waals surface area contributed by atoms with Crippen LogP contribution >= 0.6 is 0 Å². The van der Waals surface area contributed by atoms with E-state index < -0.39 is 0 Å². The lowest BCUT2D eigenvalue weighted by Crippen LogP contribution is -2.32. The van der Waals surface area contributed by atoms with Gasteiger partial charge in [-0.05, 0) is 26.0 Å². The summed E-state index contributed by atoms with van der Waals surface area (Å²) in [5, 5.41) is 14.0. The number of anilines is 1. The molecule has 2 rings (SSSR count). The van der Waals surface area contributed by atoms with Crippen molar-refractivity contribution in [1.82, 2.24) is 24.9 Å². The molecule has 0 aliphatic heterocycles. The zero-order chi connectivity index (χ0) is 18.4. The third-order valence-electron chi connectivity index (χ3n) is 3.31. The van der Waals surface area contributed by atoms with E-state index in [1.807, 2.05) is 6.92 Å². The Morgan fingerprint density at radius 3 is 2.72 bits per heavy atom. The smallest absolute Gasteiger partial charge is 0.321 e. The van der Waals surface area contributed by atoms with Crippen LogP contribution in [0.2, 0.25) is 0 Å². The Bertz CT molecular complexity index is 763. The highest BCUT2D eigenvalue weighted by atomic mass is 16.5. The van der Waals surface area contributed by atoms with E-state index >= 15 is 0 Å². The summed E-state index contributed by atoms with van der Waals surface area (Å²) < 4.78 is 5.23. The largest absolute Gasteiger partial charge is 0.506 e. The normalized spacial score (nSPS) is 11.7. The topological polar surface area (TPSA) is 148 Å². The van der Waals surface area contributed by atoms with Crippen LogP contribution in [0, 0.1) is 6.92 Å². The number of rotatable bonds is 7. The van der Waals surface area contributed by atoms with E-state index in [9.17, 15) is 5.11 Å². The molecule has 25 heavy (non-hydrogen) atoms. The molecule has 0 aliphatic carbocycles. The van der Waals surface area contributed by atoms with Crippen LogP contribution < -0.4 is 21.6 Å². The van der Waals surface area contributed by atoms with E-state index in [1.54, 1.807) is 20.0 Å². The summed E-state index contributed by atoms with van der Waals surface area (Å²) in [6, 6.07) is 3.39. The van der Waals surface area contributed by atoms with Crippen molar-refractivity contribution in [3.63, 3.8) is 0 Å². The Morgan fingerprint density at radius 2 is 2.08 bits per heavy atom. The van der Waals surface area contributed by atoms with Crippen LogP contribution in [0.4, 0.5) is 5.95 Å². The van der Waals surface area contributed by atoms with Gasteiger partial charge >= 0.3 is 6.01 Å². The molecule has 2 heterocycles. The number of nitrogens with two attached hydrogens (primary N) is 2. The van der Waals surface area contributed by atoms with Crippen LogP contribution in [-0.4, -0.2) is 50.3 Å². The Morgan fingerprint density at radius 1 is 1.32 bits per heavy atom. The molecule has 0 aromatic carbocycles. The Kier molecular flexibility index (Phi) is 5.90. The molecule has 0 fully saturated rings. The molecule has 6 N–H and O–H groups in total. The molecule has 0 saturated carbocycles. The number of aromatic nitrogens is 4. The molecule has 2 aromatic heterocycles. The monoisotopic (exact) mass is 346 g/mol. The fourth-order valence-electron chi connectivity index (χ4n) is 1.99. The summed E-state index contributed by atoms with van der Waals surface area (Å²) in [4.78, 5) is 16.3. The zero-order valence-electron chi connectivity index (χ0n) is 14.4. The van der Waals surface area contributed by atoms with E-state index in [0.717, 1.165) is 0 Å². The molecule has 10 heteroatoms. The summed E-state index contributed by atoms with van der Waals surface area (Å²) in [6.45, 7) is 4.25. The van der Waals surface area contributed by atoms with E-state index in [2.05, 4.69) is 25.3 Å². The second kappa shape index (κ2) is 8.11. The number of ether oxygens (including phenoxy) is 1. The van der Waals surface area contributed by atoms with Crippen molar-refractivity contribution >= 4 is 11.6 Å². The van der Waals surface area contributed by atoms with Crippen LogP contribution in [0.15, 0.2) is 24.2 Å². The maximum Gasteiger partial charge on any atom is 0.321 e. The second-order valence-corrected chi connectivity index (χ2v) is 5.15. The van der Waals surface area contributed by atoms with Gasteiger partial charge < -0.3 is 25.9 Å². The minimum absolute atomic E-state index is 0.103. The van der Waals surface area contributed by atoms with Gasteiger partial charge in [0.05, 0.1) is 35.9 Å². The van der Waals surface area contributed by atoms with Gasteiger partial charge in [0, 0.05) is 7.05 Å². The van der Waals surface area contributed by atoms with Crippen molar-refractivity contribution in [3.05, 3.63) is 35.5 Å². The molecule has 10 nitrogen and oxygen atoms in total. The third kappa shape index (κ3) is 4.67. The predicted octanol–water partition coefficient (Wildman–Crippen LogP) is 0.224. The third-order valence-corrected chi connectivity index (χ3v) is 3.31. The first-order valence-corrected chi connectivity index (χ1v) is 7.62. The fraction of sp³-hybridized carbons (Fsp3) is 0.333. The van der Waals surface area contributed by atoms with Gasteiger partial charge in [0.15, 0.2) is 0 Å². The molecule has 0 amide bonds. The van der Waals surface area contributed by atoms with Gasteiger partial charge in [-0.2, -0.15) is 9.97 Å². The van der Waals surface area contributed by atoms with Gasteiger partial charge in [0.2, 0.25) is 5.95 Å². The maximum atomic E-state index is 9.59. The number of likely N-dealkylation sites (N-methyl/N-ethyl adjacent to an activating group) is 1. The highest BCUT2D eigenvalue weighted by Crippen LogP contribution is 2.19. The molecule has 0 saturated heterocycles. The number of hydrogen-bond acceptors (Lipinski definition) is 10. The molecule has 0 bridgehead atoms. The average molecular weight is 346 g/mol. The van der Waals surface area contributed by atoms with Crippen molar-refractivity contribution in [2.24, 2.45) is 11.6 Å². The Labute approximate surface area is 145 Å². The van der Waals surface area contributed by atoms with Crippen molar-refractivity contribution in [1.29, 1.82) is 0 Å². The minimum atomic E-state index is 0.103. The minimum Gasteiger partial charge on any atom is -0.506 e. The van der Waals surface area contributed by atoms with Gasteiger partial charge in [0.25, 0.3) is 0 Å². The highest BCUT2D eigenvalue weighted by Gasteiger charge is 2.12. The van der Waals surface area contributed by atoms with Gasteiger partial charge in [-0.1, -0.05) is 0 Å². The number of hydrazine groups is 1. The Hall–Kier alpha value is -3.14. The number of pyridine rings is 1. The van der Waals surface area contributed by atoms with Crippen LogP contribution in [0.3, 0.4) is 0 Å². The molecule has 0 atom stereocenters. The summed E-state index contributed by atoms with van der Waals surface area (Å²) in [7, 11) is 1.66. The quantitative estimate of drug-likeness (QED) is 0.405. The lowest BCUT2D eigenvalue weighted by atomic mass is 10.2. The van der Waals surface area contributed by atoms with Crippen molar-refractivity contribution in [2.45, 2.75) is 13.8 Å². The first-order chi connectivity index (χ1) is 11.9. The SMILES string of the molecule is CCOc1ncnc(NC/C(=C(/N)c2ccc(O)c(C)n2)N(C)N)n1. The average Bonchev–Trinajstić information content (AvgIpc) is 2.57. The molecule has 134 valence electrons. The van der Waals surface area contributed by atoms with E-state index in [0.29, 0.717) is 35.3 Å². The van der Waals surface area contributed by atoms with Crippen molar-refractivity contribution in [2.75, 3.05) is 25.5 Å². The fourth-order valence-corrected chi connectivity index (χ4v) is 1.99. The standard InChI is InChI=1S/C15H22N8O2/c1-4-25-15-20-8-19-14(22-15)18-7-11(23(3)17)13(16)10-5-6-12(24)9(2)21-10/h5-6,8,24H,4,7,16-17H2,1-3H3,(H,18,19,20,22)/b13-11-. The molecule has 2 aromatic rings. The first-order valence-electron chi connectivity index (χ1n) is 7.62. The van der Waals surface area contributed by atoms with E-state index in [-0.39, 0.29) is 18.3 Å². The molecular weight excluding hydrogens is 324 g/mol. The highest BCUT2D eigenvalue weighted by molar-refractivity contribution is 5.64. The molecule has 0 unspecified atom stereocenters. The number of aromatic hydroxyl groups is 1. The number of nitrogens with one attached hydrogen (secondary N) is 1. The van der Waals surface area contributed by atoms with Crippen LogP contribution in [0.5, 0.6) is 11.8 Å². The predicted molar refractivity (Wildman–Crippen MR) is 93.2 cm³/mol. The van der Waals surface area contributed by atoms with E-state index in [1.165, 1.54) is 17.4 Å². The lowest BCUT2D eigenvalue weighted by molar-refractivity contribution is 0.312. The number of aryl methyl sites for hydroxylation is 1. The van der Waals surface area contributed by atoms with Gasteiger partial charge in [-0.15, -0.1) is 0 Å². The van der Waals surface area contributed by atoms with Crippen molar-refractivity contribution < 1.29 is 9.84 Å². The summed E-state index contributed by atoms with van der Waals surface area (Å²) >= 11 is 0. The number of hydrogen-bond donors (Lipinski definition) is 4. The second-order valence-electron chi connectivity index (χ2n) is 5.15. The number of nitrogens with zero attached hydrogens (tertiary/aromatic N) is 5. The van der Waals surface area contributed by atoms with Gasteiger partial charge in [-0.3, -0.25) is 0 Å². The van der Waals surface area contributed by atoms with Gasteiger partial charge in [-0.25, -0.2) is 15.8 Å². The van der Waals surface area contributed by atoms with Crippen LogP contribution in [0.25, 0.3) is 5.70 Å². The Balaban J connectivity index is 2.22.